The molecule has 1 rings (SSSR count). The Morgan fingerprint density at radius 2 is 2.07 bits per heavy atom. The van der Waals surface area contributed by atoms with E-state index in [9.17, 15) is 9.59 Å². The third-order valence-electron chi connectivity index (χ3n) is 2.24. The molecular formula is C9H14ClNO3. The fourth-order valence-corrected chi connectivity index (χ4v) is 1.39. The standard InChI is InChI=1S/C9H13NO3.ClH/c1-10(9(12)13)8(11)7-5-3-2-4-6-7;/h2-3,7H,4-6H2,1H3,(H,12,13);1H. The zero-order chi connectivity index (χ0) is 9.84. The number of imide groups is 1. The van der Waals surface area contributed by atoms with Gasteiger partial charge in [-0.05, 0) is 19.3 Å². The summed E-state index contributed by atoms with van der Waals surface area (Å²) in [6.07, 6.45) is 5.05. The highest BCUT2D eigenvalue weighted by atomic mass is 35.5. The van der Waals surface area contributed by atoms with E-state index in [1.165, 1.54) is 7.05 Å². The molecule has 80 valence electrons. The van der Waals surface area contributed by atoms with E-state index in [0.29, 0.717) is 6.42 Å². The molecule has 0 spiro atoms. The minimum absolute atomic E-state index is 0. The zero-order valence-electron chi connectivity index (χ0n) is 7.97. The third-order valence-corrected chi connectivity index (χ3v) is 2.24. The van der Waals surface area contributed by atoms with Crippen LogP contribution in [-0.2, 0) is 4.79 Å². The first-order chi connectivity index (χ1) is 6.13. The molecule has 0 aromatic heterocycles. The van der Waals surface area contributed by atoms with Gasteiger partial charge in [-0.25, -0.2) is 4.79 Å². The van der Waals surface area contributed by atoms with Crippen molar-refractivity contribution in [2.45, 2.75) is 19.3 Å². The predicted octanol–water partition coefficient (Wildman–Crippen LogP) is 1.90. The molecule has 0 radical (unpaired) electrons. The van der Waals surface area contributed by atoms with Crippen molar-refractivity contribution >= 4 is 24.4 Å². The van der Waals surface area contributed by atoms with Crippen LogP contribution in [-0.4, -0.2) is 29.1 Å². The van der Waals surface area contributed by atoms with Crippen molar-refractivity contribution in [2.75, 3.05) is 7.05 Å². The molecule has 4 nitrogen and oxygen atoms in total. The van der Waals surface area contributed by atoms with Crippen LogP contribution in [0.5, 0.6) is 0 Å². The van der Waals surface area contributed by atoms with E-state index in [1.807, 2.05) is 12.2 Å². The van der Waals surface area contributed by atoms with E-state index in [4.69, 9.17) is 5.11 Å². The van der Waals surface area contributed by atoms with Crippen molar-refractivity contribution in [3.05, 3.63) is 12.2 Å². The smallest absolute Gasteiger partial charge is 0.413 e. The maximum absolute atomic E-state index is 11.5. The first-order valence-corrected chi connectivity index (χ1v) is 4.28. The van der Waals surface area contributed by atoms with Gasteiger partial charge in [-0.2, -0.15) is 0 Å². The van der Waals surface area contributed by atoms with Gasteiger partial charge in [0.1, 0.15) is 0 Å². The summed E-state index contributed by atoms with van der Waals surface area (Å²) >= 11 is 0. The molecular weight excluding hydrogens is 206 g/mol. The highest BCUT2D eigenvalue weighted by Gasteiger charge is 2.25. The van der Waals surface area contributed by atoms with E-state index >= 15 is 0 Å². The number of carbonyl (C=O) groups excluding carboxylic acids is 1. The first kappa shape index (κ1) is 13.0. The number of nitrogens with zero attached hydrogens (tertiary/aromatic N) is 1. The molecule has 0 saturated heterocycles. The lowest BCUT2D eigenvalue weighted by molar-refractivity contribution is -0.132. The Kier molecular flexibility index (Phi) is 5.23. The maximum Gasteiger partial charge on any atom is 0.413 e. The molecule has 1 aliphatic carbocycles. The molecule has 1 aliphatic rings. The van der Waals surface area contributed by atoms with E-state index in [-0.39, 0.29) is 24.2 Å². The first-order valence-electron chi connectivity index (χ1n) is 4.28. The van der Waals surface area contributed by atoms with Crippen molar-refractivity contribution in [3.63, 3.8) is 0 Å². The molecule has 2 amide bonds. The predicted molar refractivity (Wildman–Crippen MR) is 54.5 cm³/mol. The van der Waals surface area contributed by atoms with Crippen LogP contribution in [0.15, 0.2) is 12.2 Å². The zero-order valence-corrected chi connectivity index (χ0v) is 8.79. The van der Waals surface area contributed by atoms with Crippen LogP contribution < -0.4 is 0 Å². The highest BCUT2D eigenvalue weighted by molar-refractivity contribution is 5.92. The SMILES string of the molecule is CN(C(=O)O)C(=O)C1CC=CCC1.Cl. The Bertz CT molecular complexity index is 252. The normalized spacial score (nSPS) is 19.6. The van der Waals surface area contributed by atoms with Gasteiger partial charge in [-0.1, -0.05) is 12.2 Å². The van der Waals surface area contributed by atoms with Crippen molar-refractivity contribution in [1.82, 2.24) is 4.90 Å². The molecule has 0 aromatic carbocycles. The van der Waals surface area contributed by atoms with Crippen LogP contribution in [0.1, 0.15) is 19.3 Å². The van der Waals surface area contributed by atoms with Gasteiger partial charge in [-0.3, -0.25) is 9.69 Å². The Morgan fingerprint density at radius 3 is 2.50 bits per heavy atom. The number of halogens is 1. The summed E-state index contributed by atoms with van der Waals surface area (Å²) in [5, 5.41) is 8.57. The summed E-state index contributed by atoms with van der Waals surface area (Å²) < 4.78 is 0. The molecule has 0 heterocycles. The van der Waals surface area contributed by atoms with Crippen LogP contribution in [0.3, 0.4) is 0 Å². The minimum Gasteiger partial charge on any atom is -0.465 e. The quantitative estimate of drug-likeness (QED) is 0.686. The Morgan fingerprint density at radius 1 is 1.43 bits per heavy atom. The highest BCUT2D eigenvalue weighted by Crippen LogP contribution is 2.19. The summed E-state index contributed by atoms with van der Waals surface area (Å²) in [6.45, 7) is 0. The Labute approximate surface area is 89.0 Å². The molecule has 14 heavy (non-hydrogen) atoms. The number of hydrogen-bond donors (Lipinski definition) is 1. The number of rotatable bonds is 1. The van der Waals surface area contributed by atoms with Gasteiger partial charge in [-0.15, -0.1) is 12.4 Å². The molecule has 0 bridgehead atoms. The van der Waals surface area contributed by atoms with Gasteiger partial charge in [0.25, 0.3) is 0 Å². The minimum atomic E-state index is -1.18. The van der Waals surface area contributed by atoms with Gasteiger partial charge in [0.2, 0.25) is 5.91 Å². The molecule has 1 N–H and O–H groups in total. The van der Waals surface area contributed by atoms with Crippen LogP contribution in [0.4, 0.5) is 4.79 Å². The third kappa shape index (κ3) is 3.03. The monoisotopic (exact) mass is 219 g/mol. The van der Waals surface area contributed by atoms with Crippen molar-refractivity contribution in [3.8, 4) is 0 Å². The molecule has 0 fully saturated rings. The van der Waals surface area contributed by atoms with Crippen LogP contribution in [0.25, 0.3) is 0 Å². The molecule has 0 saturated carbocycles. The summed E-state index contributed by atoms with van der Waals surface area (Å²) in [7, 11) is 1.29. The average molecular weight is 220 g/mol. The molecule has 0 aliphatic heterocycles. The number of amides is 2. The molecule has 1 unspecified atom stereocenters. The fourth-order valence-electron chi connectivity index (χ4n) is 1.39. The second-order valence-corrected chi connectivity index (χ2v) is 3.16. The second kappa shape index (κ2) is 5.65. The molecule has 0 aromatic rings. The lowest BCUT2D eigenvalue weighted by Gasteiger charge is -2.20. The van der Waals surface area contributed by atoms with E-state index in [0.717, 1.165) is 17.7 Å². The van der Waals surface area contributed by atoms with E-state index in [1.54, 1.807) is 0 Å². The Hall–Kier alpha value is -1.03. The number of carbonyl (C=O) groups is 2. The maximum atomic E-state index is 11.5. The number of allylic oxidation sites excluding steroid dienone is 2. The second-order valence-electron chi connectivity index (χ2n) is 3.16. The van der Waals surface area contributed by atoms with Gasteiger partial charge in [0, 0.05) is 13.0 Å². The number of carboxylic acid groups (broad SMARTS) is 1. The average Bonchev–Trinajstić information content (AvgIpc) is 2.17. The van der Waals surface area contributed by atoms with Gasteiger partial charge in [0.05, 0.1) is 0 Å². The fraction of sp³-hybridized carbons (Fsp3) is 0.556. The van der Waals surface area contributed by atoms with Crippen molar-refractivity contribution in [2.24, 2.45) is 5.92 Å². The van der Waals surface area contributed by atoms with E-state index < -0.39 is 6.09 Å². The van der Waals surface area contributed by atoms with Crippen molar-refractivity contribution in [1.29, 1.82) is 0 Å². The van der Waals surface area contributed by atoms with Crippen LogP contribution in [0.2, 0.25) is 0 Å². The van der Waals surface area contributed by atoms with Gasteiger partial charge in [0.15, 0.2) is 0 Å². The van der Waals surface area contributed by atoms with Crippen molar-refractivity contribution < 1.29 is 14.7 Å². The number of hydrogen-bond acceptors (Lipinski definition) is 2. The lowest BCUT2D eigenvalue weighted by atomic mass is 9.93. The Balaban J connectivity index is 0.00000169. The summed E-state index contributed by atoms with van der Waals surface area (Å²) in [5.74, 6) is -0.442. The van der Waals surface area contributed by atoms with Gasteiger partial charge >= 0.3 is 6.09 Å². The van der Waals surface area contributed by atoms with Crippen LogP contribution >= 0.6 is 12.4 Å². The van der Waals surface area contributed by atoms with Crippen LogP contribution in [0, 0.1) is 5.92 Å². The summed E-state index contributed by atoms with van der Waals surface area (Å²) in [6, 6.07) is 0. The summed E-state index contributed by atoms with van der Waals surface area (Å²) in [4.78, 5) is 22.7. The molecule has 5 heteroatoms. The molecule has 1 atom stereocenters. The summed E-state index contributed by atoms with van der Waals surface area (Å²) in [5.41, 5.74) is 0. The van der Waals surface area contributed by atoms with Gasteiger partial charge < -0.3 is 5.11 Å². The topological polar surface area (TPSA) is 57.6 Å². The lowest BCUT2D eigenvalue weighted by Crippen LogP contribution is -2.37. The van der Waals surface area contributed by atoms with E-state index in [2.05, 4.69) is 0 Å². The largest absolute Gasteiger partial charge is 0.465 e.